The van der Waals surface area contributed by atoms with E-state index >= 15 is 4.39 Å². The number of aliphatic carboxylic acids is 2. The number of aliphatic hydroxyl groups is 3. The van der Waals surface area contributed by atoms with Gasteiger partial charge in [-0.15, -0.1) is 0 Å². The number of hydrogen-bond donors (Lipinski definition) is 17. The van der Waals surface area contributed by atoms with Gasteiger partial charge in [0.15, 0.2) is 0 Å². The Balaban J connectivity index is 1.05. The van der Waals surface area contributed by atoms with Crippen molar-refractivity contribution in [3.8, 4) is 28.0 Å². The molecule has 4 aromatic carbocycles. The molecule has 2 aromatic heterocycles. The first-order chi connectivity index (χ1) is 52.1. The molecular weight excluding hydrogens is 1430 g/mol. The maximum atomic E-state index is 15.5. The number of aromatic hydroxyl groups is 1. The third kappa shape index (κ3) is 23.2. The number of likely N-dealkylation sites (tertiary alicyclic amines) is 1. The molecule has 588 valence electrons. The summed E-state index contributed by atoms with van der Waals surface area (Å²) in [5, 5.41) is 83.4. The Morgan fingerprint density at radius 1 is 0.664 bits per heavy atom. The van der Waals surface area contributed by atoms with Gasteiger partial charge in [-0.1, -0.05) is 79.7 Å². The number of aliphatic hydroxyl groups excluding tert-OH is 3. The Bertz CT molecular complexity index is 4330. The van der Waals surface area contributed by atoms with Crippen LogP contribution >= 0.6 is 0 Å². The molecule has 110 heavy (non-hydrogen) atoms. The van der Waals surface area contributed by atoms with Crippen molar-refractivity contribution >= 4 is 76.9 Å². The highest BCUT2D eigenvalue weighted by Gasteiger charge is 2.47. The van der Waals surface area contributed by atoms with E-state index in [9.17, 15) is 93.0 Å². The van der Waals surface area contributed by atoms with E-state index in [0.29, 0.717) is 40.8 Å². The molecule has 0 unspecified atom stereocenters. The highest BCUT2D eigenvalue weighted by molar-refractivity contribution is 6.01. The molecule has 0 aliphatic carbocycles. The van der Waals surface area contributed by atoms with E-state index < -0.39 is 181 Å². The zero-order chi connectivity index (χ0) is 80.7. The Kier molecular flexibility index (Phi) is 30.3. The van der Waals surface area contributed by atoms with Crippen molar-refractivity contribution in [1.82, 2.24) is 67.7 Å². The lowest BCUT2D eigenvalue weighted by molar-refractivity contribution is -0.145. The number of primary amides is 1. The number of halogens is 1. The van der Waals surface area contributed by atoms with Crippen molar-refractivity contribution in [2.45, 2.75) is 178 Å². The summed E-state index contributed by atoms with van der Waals surface area (Å²) in [5.41, 5.74) is 8.08. The lowest BCUT2D eigenvalue weighted by Crippen LogP contribution is -2.67. The molecule has 1 saturated heterocycles. The quantitative estimate of drug-likeness (QED) is 0.0239. The predicted octanol–water partition coefficient (Wildman–Crippen LogP) is -0.141. The molecule has 0 bridgehead atoms. The molecule has 33 nitrogen and oxygen atoms in total. The van der Waals surface area contributed by atoms with E-state index in [1.165, 1.54) is 48.6 Å². The van der Waals surface area contributed by atoms with Crippen LogP contribution in [0.25, 0.3) is 22.3 Å². The second-order valence-electron chi connectivity index (χ2n) is 27.3. The number of rotatable bonds is 39. The third-order valence-electron chi connectivity index (χ3n) is 18.9. The molecule has 1 aliphatic heterocycles. The Labute approximate surface area is 631 Å². The topological polar surface area (TPSA) is 522 Å². The second kappa shape index (κ2) is 39.2. The molecule has 6 aromatic rings. The van der Waals surface area contributed by atoms with Crippen LogP contribution in [0, 0.1) is 12.7 Å². The highest BCUT2D eigenvalue weighted by atomic mass is 19.1. The maximum Gasteiger partial charge on any atom is 0.305 e. The number of hydrogen-bond acceptors (Lipinski definition) is 19. The minimum Gasteiger partial charge on any atom is -0.508 e. The first kappa shape index (κ1) is 85.2. The summed E-state index contributed by atoms with van der Waals surface area (Å²) < 4.78 is 15.5. The molecule has 18 N–H and O–H groups in total. The molecule has 1 fully saturated rings. The molecule has 3 heterocycles. The number of phenols is 1. The van der Waals surface area contributed by atoms with Crippen molar-refractivity contribution in [2.75, 3.05) is 19.7 Å². The molecule has 1 aliphatic rings. The monoisotopic (exact) mass is 1520 g/mol. The summed E-state index contributed by atoms with van der Waals surface area (Å²) in [6, 6.07) is 12.6. The van der Waals surface area contributed by atoms with Crippen molar-refractivity contribution < 1.29 is 97.4 Å². The van der Waals surface area contributed by atoms with Gasteiger partial charge in [-0.3, -0.25) is 67.3 Å². The van der Waals surface area contributed by atoms with Crippen LogP contribution in [-0.2, 0) is 94.4 Å². The Morgan fingerprint density at radius 3 is 1.95 bits per heavy atom. The van der Waals surface area contributed by atoms with Crippen LogP contribution in [0.4, 0.5) is 4.39 Å². The van der Waals surface area contributed by atoms with E-state index in [-0.39, 0.29) is 55.9 Å². The van der Waals surface area contributed by atoms with Crippen LogP contribution in [0.2, 0.25) is 0 Å². The summed E-state index contributed by atoms with van der Waals surface area (Å²) in [4.78, 5) is 191. The average Bonchev–Trinajstić information content (AvgIpc) is 1.76. The number of aryl methyl sites for hydroxylation is 3. The lowest BCUT2D eigenvalue weighted by atomic mass is 9.90. The van der Waals surface area contributed by atoms with Crippen LogP contribution in [0.5, 0.6) is 5.75 Å². The number of aromatic nitrogens is 3. The first-order valence-electron chi connectivity index (χ1n) is 35.5. The van der Waals surface area contributed by atoms with Crippen molar-refractivity contribution in [3.05, 3.63) is 161 Å². The van der Waals surface area contributed by atoms with E-state index in [0.717, 1.165) is 49.1 Å². The molecule has 0 spiro atoms. The van der Waals surface area contributed by atoms with Gasteiger partial charge in [-0.2, -0.15) is 0 Å². The van der Waals surface area contributed by atoms with Crippen LogP contribution in [0.15, 0.2) is 122 Å². The number of carboxylic acids is 2. The van der Waals surface area contributed by atoms with Gasteiger partial charge >= 0.3 is 11.9 Å². The van der Waals surface area contributed by atoms with Gasteiger partial charge in [-0.25, -0.2) is 9.37 Å². The molecule has 11 atom stereocenters. The van der Waals surface area contributed by atoms with Crippen molar-refractivity contribution in [2.24, 2.45) is 5.73 Å². The zero-order valence-corrected chi connectivity index (χ0v) is 61.4. The number of imidazole rings is 1. The maximum absolute atomic E-state index is 15.5. The number of phenolic OH excluding ortho intramolecular Hbond substituents is 1. The van der Waals surface area contributed by atoms with Crippen LogP contribution < -0.4 is 53.6 Å². The van der Waals surface area contributed by atoms with Crippen LogP contribution in [0.1, 0.15) is 107 Å². The van der Waals surface area contributed by atoms with Gasteiger partial charge in [0.2, 0.25) is 65.0 Å². The fourth-order valence-corrected chi connectivity index (χ4v) is 12.7. The standard InChI is InChI=1S/C76H93FN14O19/c1-7-45-32-50(95)22-23-52(45)46-19-17-44(18-20-46)31-57(68(104)83-56(66(78)102)33-48-36-79-29-27-53(48)51-15-10-8-13-41(51)2)84-69(105)58(34-63(100)101)85-70(106)59(39-92)86-71(107)64(42(3)93)89-73(109)75(5,35-47-14-9-11-16-54(47)77)90-72(108)65(43(4)94)88-60(96)38-81-67(103)55(24-26-62(98)99)87-74(110)76(6)28-12-30-91(76)61(97)25-21-49-37-80-40-82-49/h8-11,13-20,22-23,27,29,32,36-37,40,42-43,55-59,64-65,92-95H,7,12,21,24-26,28,30-31,33-35,38-39H2,1-6H3,(H2,78,102)(H,80,82)(H,81,103)(H,83,104)(H,84,105)(H,85,106)(H,86,107)(H,87,110)(H,88,96)(H,89,109)(H,90,108)(H,98,99)(H,100,101)/t42-,43-,55+,56+,57+,58+,59+,64+,65+,75-,76+/m1/s1. The van der Waals surface area contributed by atoms with Gasteiger partial charge < -0.3 is 94.1 Å². The lowest BCUT2D eigenvalue weighted by Gasteiger charge is -2.35. The molecule has 0 radical (unpaired) electrons. The van der Waals surface area contributed by atoms with E-state index in [4.69, 9.17) is 5.73 Å². The number of nitrogens with zero attached hydrogens (tertiary/aromatic N) is 3. The number of carbonyl (C=O) groups excluding carboxylic acids is 11. The number of carbonyl (C=O) groups is 13. The summed E-state index contributed by atoms with van der Waals surface area (Å²) in [6.07, 6.45) is 0.217. The predicted molar refractivity (Wildman–Crippen MR) is 393 cm³/mol. The molecule has 11 amide bonds. The molecule has 34 heteroatoms. The van der Waals surface area contributed by atoms with Crippen molar-refractivity contribution in [3.63, 3.8) is 0 Å². The van der Waals surface area contributed by atoms with E-state index in [1.54, 1.807) is 54.9 Å². The van der Waals surface area contributed by atoms with Gasteiger partial charge in [-0.05, 0) is 141 Å². The molecule has 7 rings (SSSR count). The number of H-pyrrole nitrogens is 1. The largest absolute Gasteiger partial charge is 0.508 e. The fourth-order valence-electron chi connectivity index (χ4n) is 12.7. The fraction of sp³-hybridized carbons (Fsp3) is 0.408. The summed E-state index contributed by atoms with van der Waals surface area (Å²) in [5.74, 6) is -16.0. The first-order valence-corrected chi connectivity index (χ1v) is 35.5. The minimum atomic E-state index is -2.43. The number of benzene rings is 4. The smallest absolute Gasteiger partial charge is 0.305 e. The number of pyridine rings is 1. The summed E-state index contributed by atoms with van der Waals surface area (Å²) in [6.45, 7) is 6.33. The number of aromatic amines is 1. The summed E-state index contributed by atoms with van der Waals surface area (Å²) >= 11 is 0. The van der Waals surface area contributed by atoms with Crippen molar-refractivity contribution in [1.29, 1.82) is 0 Å². The van der Waals surface area contributed by atoms with Gasteiger partial charge in [0, 0.05) is 62.9 Å². The van der Waals surface area contributed by atoms with E-state index in [1.807, 2.05) is 38.1 Å². The van der Waals surface area contributed by atoms with Gasteiger partial charge in [0.1, 0.15) is 64.9 Å². The molecule has 0 saturated carbocycles. The zero-order valence-electron chi connectivity index (χ0n) is 61.4. The van der Waals surface area contributed by atoms with Crippen LogP contribution in [-0.4, -0.2) is 213 Å². The van der Waals surface area contributed by atoms with Gasteiger partial charge in [0.05, 0.1) is 38.1 Å². The molecular formula is C76H93FN14O19. The van der Waals surface area contributed by atoms with Crippen LogP contribution in [0.3, 0.4) is 0 Å². The van der Waals surface area contributed by atoms with Gasteiger partial charge in [0.25, 0.3) is 0 Å². The number of carboxylic acid groups (broad SMARTS) is 2. The number of nitrogens with two attached hydrogens (primary N) is 1. The Morgan fingerprint density at radius 2 is 1.31 bits per heavy atom. The van der Waals surface area contributed by atoms with E-state index in [2.05, 4.69) is 62.8 Å². The third-order valence-corrected chi connectivity index (χ3v) is 18.9. The number of nitrogens with one attached hydrogen (secondary N) is 10. The number of amides is 11. The highest BCUT2D eigenvalue weighted by Crippen LogP contribution is 2.32. The minimum absolute atomic E-state index is 0.0104. The normalized spacial score (nSPS) is 16.2. The SMILES string of the molecule is CCc1cc(O)ccc1-c1ccc(C[C@H](NC(=O)[C@H](CC(=O)O)NC(=O)[C@H](CO)NC(=O)[C@@H](NC(=O)[C@@](C)(Cc2ccccc2F)NC(=O)[C@@H](NC(=O)CNC(=O)[C@H](CCC(=O)O)NC(=O)[C@]2(C)CCCN2C(=O)CCc2cnc[nH]2)[C@@H](C)O)[C@@H](C)O)C(=O)N[C@@H](Cc2cnccc2-c2ccccc2C)C(N)=O)cc1. The Hall–Kier alpha value is -12.0. The average molecular weight is 1530 g/mol. The second-order valence-corrected chi connectivity index (χ2v) is 27.3. The summed E-state index contributed by atoms with van der Waals surface area (Å²) in [7, 11) is 0.